The fourth-order valence-corrected chi connectivity index (χ4v) is 3.32. The fraction of sp³-hybridized carbons (Fsp3) is 0.167. The monoisotopic (exact) mass is 357 g/mol. The summed E-state index contributed by atoms with van der Waals surface area (Å²) in [7, 11) is 0. The van der Waals surface area contributed by atoms with Crippen molar-refractivity contribution in [1.82, 2.24) is 4.90 Å². The summed E-state index contributed by atoms with van der Waals surface area (Å²) >= 11 is 7.29. The number of hydrogen-bond acceptors (Lipinski definition) is 4. The number of carbonyl (C=O) groups excluding carboxylic acids is 1. The molecule has 1 amide bonds. The van der Waals surface area contributed by atoms with Crippen LogP contribution in [-0.2, 0) is 11.3 Å². The number of carbonyl (C=O) groups is 1. The Morgan fingerprint density at radius 2 is 1.88 bits per heavy atom. The minimum absolute atomic E-state index is 0.0595. The molecule has 4 nitrogen and oxygen atoms in total. The van der Waals surface area contributed by atoms with Crippen molar-refractivity contribution < 1.29 is 4.79 Å². The number of halogens is 1. The number of amides is 1. The third kappa shape index (κ3) is 4.04. The summed E-state index contributed by atoms with van der Waals surface area (Å²) in [6.07, 6.45) is 1.65. The molecule has 24 heavy (non-hydrogen) atoms. The van der Waals surface area contributed by atoms with Crippen LogP contribution in [0.5, 0.6) is 0 Å². The minimum atomic E-state index is -0.141. The van der Waals surface area contributed by atoms with Crippen LogP contribution in [0.1, 0.15) is 18.1 Å². The highest BCUT2D eigenvalue weighted by Gasteiger charge is 2.35. The second-order valence-electron chi connectivity index (χ2n) is 5.35. The van der Waals surface area contributed by atoms with Gasteiger partial charge in [0.1, 0.15) is 0 Å². The molecule has 1 saturated heterocycles. The Morgan fingerprint density at radius 3 is 2.58 bits per heavy atom. The summed E-state index contributed by atoms with van der Waals surface area (Å²) in [4.78, 5) is 14.0. The predicted octanol–water partition coefficient (Wildman–Crippen LogP) is 4.19. The van der Waals surface area contributed by atoms with Gasteiger partial charge in [0.25, 0.3) is 0 Å². The van der Waals surface area contributed by atoms with Crippen molar-refractivity contribution in [1.29, 1.82) is 0 Å². The lowest BCUT2D eigenvalue weighted by Crippen LogP contribution is -2.30. The van der Waals surface area contributed by atoms with Crippen molar-refractivity contribution in [2.75, 3.05) is 0 Å². The lowest BCUT2D eigenvalue weighted by atomic mass is 10.2. The molecule has 1 aliphatic rings. The minimum Gasteiger partial charge on any atom is -0.284 e. The Kier molecular flexibility index (Phi) is 5.33. The lowest BCUT2D eigenvalue weighted by molar-refractivity contribution is -0.126. The van der Waals surface area contributed by atoms with E-state index < -0.39 is 0 Å². The van der Waals surface area contributed by atoms with E-state index >= 15 is 0 Å². The Morgan fingerprint density at radius 1 is 1.17 bits per heavy atom. The number of benzene rings is 2. The van der Waals surface area contributed by atoms with Crippen LogP contribution < -0.4 is 0 Å². The van der Waals surface area contributed by atoms with E-state index in [0.29, 0.717) is 16.7 Å². The molecule has 1 heterocycles. The molecule has 0 spiro atoms. The number of nitrogens with zero attached hydrogens (tertiary/aromatic N) is 3. The van der Waals surface area contributed by atoms with E-state index in [2.05, 4.69) is 10.2 Å². The first-order chi connectivity index (χ1) is 11.6. The molecule has 3 rings (SSSR count). The number of amidine groups is 1. The Labute approximate surface area is 150 Å². The van der Waals surface area contributed by atoms with Gasteiger partial charge in [0.05, 0.1) is 18.0 Å². The van der Waals surface area contributed by atoms with Crippen LogP contribution in [0.3, 0.4) is 0 Å². The second-order valence-corrected chi connectivity index (χ2v) is 7.09. The van der Waals surface area contributed by atoms with Crippen LogP contribution in [0.4, 0.5) is 0 Å². The largest absolute Gasteiger partial charge is 0.284 e. The van der Waals surface area contributed by atoms with Gasteiger partial charge in [0.2, 0.25) is 5.91 Å². The topological polar surface area (TPSA) is 45.0 Å². The highest BCUT2D eigenvalue weighted by molar-refractivity contribution is 8.15. The maximum Gasteiger partial charge on any atom is 0.242 e. The van der Waals surface area contributed by atoms with Crippen LogP contribution in [0.15, 0.2) is 64.8 Å². The zero-order chi connectivity index (χ0) is 16.9. The molecule has 2 aromatic rings. The molecule has 0 bridgehead atoms. The van der Waals surface area contributed by atoms with Gasteiger partial charge in [0, 0.05) is 5.02 Å². The molecule has 122 valence electrons. The van der Waals surface area contributed by atoms with Crippen molar-refractivity contribution in [2.45, 2.75) is 18.7 Å². The molecule has 0 N–H and O–H groups in total. The molecular weight excluding hydrogens is 342 g/mol. The fourth-order valence-electron chi connectivity index (χ4n) is 2.27. The standard InChI is InChI=1S/C18H16ClN3OS/c1-13-17(23)22(12-15-5-3-2-4-6-15)18(24-13)21-20-11-14-7-9-16(19)10-8-14/h2-11,13H,12H2,1H3. The zero-order valence-electron chi connectivity index (χ0n) is 13.1. The van der Waals surface area contributed by atoms with Crippen molar-refractivity contribution in [3.8, 4) is 0 Å². The van der Waals surface area contributed by atoms with Gasteiger partial charge in [-0.1, -0.05) is 65.8 Å². The zero-order valence-corrected chi connectivity index (χ0v) is 14.7. The van der Waals surface area contributed by atoms with Crippen molar-refractivity contribution in [2.24, 2.45) is 10.2 Å². The molecule has 0 aliphatic carbocycles. The van der Waals surface area contributed by atoms with Crippen LogP contribution in [0, 0.1) is 0 Å². The average Bonchev–Trinajstić information content (AvgIpc) is 2.85. The normalized spacial score (nSPS) is 19.6. The Hall–Kier alpha value is -2.11. The Bertz CT molecular complexity index is 775. The third-order valence-corrected chi connectivity index (χ3v) is 4.85. The molecule has 1 atom stereocenters. The number of rotatable bonds is 4. The van der Waals surface area contributed by atoms with Gasteiger partial charge in [-0.05, 0) is 30.2 Å². The van der Waals surface area contributed by atoms with E-state index in [1.807, 2.05) is 49.4 Å². The van der Waals surface area contributed by atoms with Gasteiger partial charge >= 0.3 is 0 Å². The lowest BCUT2D eigenvalue weighted by Gasteiger charge is -2.15. The van der Waals surface area contributed by atoms with Gasteiger partial charge in [-0.15, -0.1) is 5.10 Å². The summed E-state index contributed by atoms with van der Waals surface area (Å²) in [5, 5.41) is 9.52. The molecule has 0 saturated carbocycles. The van der Waals surface area contributed by atoms with Crippen LogP contribution in [-0.4, -0.2) is 27.4 Å². The number of hydrogen-bond donors (Lipinski definition) is 0. The van der Waals surface area contributed by atoms with Crippen LogP contribution in [0.2, 0.25) is 5.02 Å². The van der Waals surface area contributed by atoms with E-state index in [1.165, 1.54) is 11.8 Å². The SMILES string of the molecule is CC1SC(=NN=Cc2ccc(Cl)cc2)N(Cc2ccccc2)C1=O. The number of thioether (sulfide) groups is 1. The van der Waals surface area contributed by atoms with E-state index in [1.54, 1.807) is 23.2 Å². The van der Waals surface area contributed by atoms with Crippen LogP contribution >= 0.6 is 23.4 Å². The molecule has 1 fully saturated rings. The summed E-state index contributed by atoms with van der Waals surface area (Å²) in [5.41, 5.74) is 1.97. The van der Waals surface area contributed by atoms with Gasteiger partial charge < -0.3 is 0 Å². The maximum atomic E-state index is 12.3. The molecule has 2 aromatic carbocycles. The second kappa shape index (κ2) is 7.64. The van der Waals surface area contributed by atoms with Crippen LogP contribution in [0.25, 0.3) is 0 Å². The highest BCUT2D eigenvalue weighted by atomic mass is 35.5. The molecule has 1 aliphatic heterocycles. The first kappa shape index (κ1) is 16.7. The molecule has 6 heteroatoms. The average molecular weight is 358 g/mol. The van der Waals surface area contributed by atoms with Gasteiger partial charge in [-0.25, -0.2) is 0 Å². The summed E-state index contributed by atoms with van der Waals surface area (Å²) < 4.78 is 0. The first-order valence-electron chi connectivity index (χ1n) is 7.52. The van der Waals surface area contributed by atoms with Crippen molar-refractivity contribution in [3.63, 3.8) is 0 Å². The molecule has 0 radical (unpaired) electrons. The molecule has 1 unspecified atom stereocenters. The quantitative estimate of drug-likeness (QED) is 0.608. The first-order valence-corrected chi connectivity index (χ1v) is 8.78. The summed E-state index contributed by atoms with van der Waals surface area (Å²) in [5.74, 6) is 0.0595. The van der Waals surface area contributed by atoms with E-state index in [-0.39, 0.29) is 11.2 Å². The van der Waals surface area contributed by atoms with E-state index in [9.17, 15) is 4.79 Å². The third-order valence-electron chi connectivity index (χ3n) is 3.53. The molecule has 0 aromatic heterocycles. The summed E-state index contributed by atoms with van der Waals surface area (Å²) in [6, 6.07) is 17.2. The smallest absolute Gasteiger partial charge is 0.242 e. The predicted molar refractivity (Wildman–Crippen MR) is 101 cm³/mol. The van der Waals surface area contributed by atoms with Gasteiger partial charge in [-0.3, -0.25) is 9.69 Å². The highest BCUT2D eigenvalue weighted by Crippen LogP contribution is 2.28. The summed E-state index contributed by atoms with van der Waals surface area (Å²) in [6.45, 7) is 2.39. The Balaban J connectivity index is 1.76. The van der Waals surface area contributed by atoms with Crippen molar-refractivity contribution in [3.05, 3.63) is 70.7 Å². The van der Waals surface area contributed by atoms with E-state index in [0.717, 1.165) is 11.1 Å². The maximum absolute atomic E-state index is 12.3. The van der Waals surface area contributed by atoms with E-state index in [4.69, 9.17) is 11.6 Å². The van der Waals surface area contributed by atoms with Gasteiger partial charge in [-0.2, -0.15) is 5.10 Å². The van der Waals surface area contributed by atoms with Gasteiger partial charge in [0.15, 0.2) is 5.17 Å². The molecular formula is C18H16ClN3OS. The van der Waals surface area contributed by atoms with Crippen molar-refractivity contribution >= 4 is 40.7 Å².